The number of carboxylic acids is 1. The van der Waals surface area contributed by atoms with Gasteiger partial charge in [0.25, 0.3) is 0 Å². The minimum absolute atomic E-state index is 0.0436. The van der Waals surface area contributed by atoms with Crippen molar-refractivity contribution in [1.82, 2.24) is 10.2 Å². The maximum atomic E-state index is 11.8. The molecule has 23 heavy (non-hydrogen) atoms. The van der Waals surface area contributed by atoms with E-state index >= 15 is 0 Å². The Balaban J connectivity index is 1.91. The van der Waals surface area contributed by atoms with Crippen LogP contribution >= 0.6 is 22.6 Å². The van der Waals surface area contributed by atoms with E-state index in [4.69, 9.17) is 9.84 Å². The van der Waals surface area contributed by atoms with Crippen LogP contribution in [0.25, 0.3) is 0 Å². The van der Waals surface area contributed by atoms with Crippen molar-refractivity contribution < 1.29 is 24.2 Å². The number of rotatable bonds is 3. The molecule has 0 atom stereocenters. The molecule has 0 aromatic heterocycles. The van der Waals surface area contributed by atoms with Crippen LogP contribution in [-0.2, 0) is 20.9 Å². The summed E-state index contributed by atoms with van der Waals surface area (Å²) in [4.78, 5) is 35.0. The van der Waals surface area contributed by atoms with Gasteiger partial charge in [0, 0.05) is 15.5 Å². The number of ether oxygens (including phenoxy) is 1. The van der Waals surface area contributed by atoms with Gasteiger partial charge in [-0.2, -0.15) is 0 Å². The number of aliphatic carboxylic acids is 1. The largest absolute Gasteiger partial charge is 0.474 e. The first-order valence-electron chi connectivity index (χ1n) is 6.55. The lowest BCUT2D eigenvalue weighted by Crippen LogP contribution is -2.39. The number of hydrogen-bond donors (Lipinski definition) is 2. The summed E-state index contributed by atoms with van der Waals surface area (Å²) in [5, 5.41) is 11.3. The van der Waals surface area contributed by atoms with Crippen LogP contribution < -0.4 is 5.32 Å². The van der Waals surface area contributed by atoms with Crippen LogP contribution in [0.4, 0.5) is 4.79 Å². The van der Waals surface area contributed by atoms with E-state index in [2.05, 4.69) is 5.32 Å². The molecule has 1 aromatic carbocycles. The fourth-order valence-electron chi connectivity index (χ4n) is 1.85. The molecule has 0 saturated carbocycles. The highest BCUT2D eigenvalue weighted by atomic mass is 127. The predicted octanol–water partition coefficient (Wildman–Crippen LogP) is 2.00. The lowest BCUT2D eigenvalue weighted by molar-refractivity contribution is -0.154. The minimum Gasteiger partial charge on any atom is -0.474 e. The first-order valence-corrected chi connectivity index (χ1v) is 7.63. The van der Waals surface area contributed by atoms with Crippen molar-refractivity contribution in [3.05, 3.63) is 57.4 Å². The van der Waals surface area contributed by atoms with Gasteiger partial charge < -0.3 is 14.7 Å². The van der Waals surface area contributed by atoms with Crippen LogP contribution in [0, 0.1) is 0 Å². The molecular weight excluding hydrogens is 415 g/mol. The number of amides is 2. The summed E-state index contributed by atoms with van der Waals surface area (Å²) < 4.78 is 5.69. The van der Waals surface area contributed by atoms with Crippen molar-refractivity contribution in [2.24, 2.45) is 0 Å². The summed E-state index contributed by atoms with van der Waals surface area (Å²) in [6.45, 7) is 0.0722. The molecule has 0 fully saturated rings. The second kappa shape index (κ2) is 7.77. The van der Waals surface area contributed by atoms with Crippen LogP contribution in [0.5, 0.6) is 0 Å². The lowest BCUT2D eigenvalue weighted by Gasteiger charge is -2.22. The van der Waals surface area contributed by atoms with E-state index in [-0.39, 0.29) is 13.2 Å². The summed E-state index contributed by atoms with van der Waals surface area (Å²) in [6.07, 6.45) is 2.36. The molecule has 0 radical (unpaired) electrons. The molecule has 0 saturated heterocycles. The minimum atomic E-state index is -1.56. The molecule has 0 bridgehead atoms. The Morgan fingerprint density at radius 3 is 2.61 bits per heavy atom. The van der Waals surface area contributed by atoms with Gasteiger partial charge in [-0.3, -0.25) is 10.1 Å². The normalized spacial score (nSPS) is 13.7. The number of allylic oxidation sites excluding steroid dienone is 2. The Bertz CT molecular complexity index is 684. The van der Waals surface area contributed by atoms with Crippen LogP contribution in [0.3, 0.4) is 0 Å². The Morgan fingerprint density at radius 1 is 1.26 bits per heavy atom. The van der Waals surface area contributed by atoms with Crippen molar-refractivity contribution in [1.29, 1.82) is 0 Å². The van der Waals surface area contributed by atoms with Gasteiger partial charge in [-0.05, 0) is 34.2 Å². The number of alkyl carbamates (subject to hydrolysis) is 1. The van der Waals surface area contributed by atoms with E-state index in [0.717, 1.165) is 10.5 Å². The third-order valence-corrected chi connectivity index (χ3v) is 3.44. The van der Waals surface area contributed by atoms with E-state index in [9.17, 15) is 14.4 Å². The number of halogens is 1. The van der Waals surface area contributed by atoms with E-state index < -0.39 is 18.0 Å². The first-order chi connectivity index (χ1) is 11.0. The third-order valence-electron chi connectivity index (χ3n) is 2.85. The Labute approximate surface area is 145 Å². The smallest absolute Gasteiger partial charge is 0.411 e. The average molecular weight is 428 g/mol. The van der Waals surface area contributed by atoms with Crippen LogP contribution in [-0.4, -0.2) is 34.5 Å². The molecular formula is C15H13IN2O5. The highest BCUT2D eigenvalue weighted by molar-refractivity contribution is 14.1. The van der Waals surface area contributed by atoms with Crippen molar-refractivity contribution in [3.63, 3.8) is 0 Å². The number of nitrogens with one attached hydrogen (secondary N) is 1. The topological polar surface area (TPSA) is 95.9 Å². The standard InChI is InChI=1S/C15H13IN2O5/c16-11-6-12(8-18(7-11)13(19)14(20)21)17-15(22)23-9-10-4-2-1-3-5-10/h1-7H,8-9H2,(H,17,22)(H,20,21). The molecule has 0 unspecified atom stereocenters. The van der Waals surface area contributed by atoms with Crippen molar-refractivity contribution in [2.75, 3.05) is 6.54 Å². The van der Waals surface area contributed by atoms with Gasteiger partial charge in [-0.25, -0.2) is 9.59 Å². The summed E-state index contributed by atoms with van der Waals surface area (Å²) in [6, 6.07) is 9.18. The number of carbonyl (C=O) groups excluding carboxylic acids is 2. The summed E-state index contributed by atoms with van der Waals surface area (Å²) in [5.74, 6) is -2.62. The highest BCUT2D eigenvalue weighted by Crippen LogP contribution is 2.18. The molecule has 1 aliphatic rings. The Morgan fingerprint density at radius 2 is 1.96 bits per heavy atom. The molecule has 2 amide bonds. The zero-order valence-corrected chi connectivity index (χ0v) is 14.0. The van der Waals surface area contributed by atoms with E-state index in [1.807, 2.05) is 52.9 Å². The molecule has 7 nitrogen and oxygen atoms in total. The van der Waals surface area contributed by atoms with Crippen molar-refractivity contribution >= 4 is 40.6 Å². The number of nitrogens with zero attached hydrogens (tertiary/aromatic N) is 1. The predicted molar refractivity (Wildman–Crippen MR) is 89.3 cm³/mol. The monoisotopic (exact) mass is 428 g/mol. The Hall–Kier alpha value is -2.36. The molecule has 1 heterocycles. The van der Waals surface area contributed by atoms with Crippen molar-refractivity contribution in [3.8, 4) is 0 Å². The Kier molecular flexibility index (Phi) is 5.74. The quantitative estimate of drug-likeness (QED) is 0.568. The molecule has 0 aliphatic carbocycles. The molecule has 2 rings (SSSR count). The molecule has 1 aliphatic heterocycles. The van der Waals surface area contributed by atoms with E-state index in [1.54, 1.807) is 6.08 Å². The second-order valence-electron chi connectivity index (χ2n) is 4.61. The zero-order chi connectivity index (χ0) is 16.8. The van der Waals surface area contributed by atoms with Gasteiger partial charge in [0.15, 0.2) is 0 Å². The molecule has 8 heteroatoms. The fourth-order valence-corrected chi connectivity index (χ4v) is 2.56. The molecule has 2 N–H and O–H groups in total. The summed E-state index contributed by atoms with van der Waals surface area (Å²) in [5.41, 5.74) is 1.22. The number of carbonyl (C=O) groups is 3. The maximum Gasteiger partial charge on any atom is 0.411 e. The number of carboxylic acid groups (broad SMARTS) is 1. The SMILES string of the molecule is O=C(NC1=CC(I)=CN(C(=O)C(=O)O)C1)OCc1ccccc1. The highest BCUT2D eigenvalue weighted by Gasteiger charge is 2.23. The average Bonchev–Trinajstić information content (AvgIpc) is 2.52. The second-order valence-corrected chi connectivity index (χ2v) is 5.85. The number of hydrogen-bond acceptors (Lipinski definition) is 4. The van der Waals surface area contributed by atoms with Crippen LogP contribution in [0.15, 0.2) is 51.9 Å². The molecule has 1 aromatic rings. The number of benzene rings is 1. The summed E-state index contributed by atoms with van der Waals surface area (Å²) >= 11 is 1.93. The third kappa shape index (κ3) is 5.09. The molecule has 0 spiro atoms. The fraction of sp³-hybridized carbons (Fsp3) is 0.133. The van der Waals surface area contributed by atoms with Gasteiger partial charge >= 0.3 is 18.0 Å². The van der Waals surface area contributed by atoms with Gasteiger partial charge in [0.2, 0.25) is 0 Å². The molecule has 120 valence electrons. The van der Waals surface area contributed by atoms with Crippen LogP contribution in [0.2, 0.25) is 0 Å². The van der Waals surface area contributed by atoms with Crippen LogP contribution in [0.1, 0.15) is 5.56 Å². The van der Waals surface area contributed by atoms with Crippen molar-refractivity contribution in [2.45, 2.75) is 6.61 Å². The van der Waals surface area contributed by atoms with Gasteiger partial charge in [0.1, 0.15) is 6.61 Å². The van der Waals surface area contributed by atoms with Gasteiger partial charge in [0.05, 0.1) is 6.54 Å². The lowest BCUT2D eigenvalue weighted by atomic mass is 10.2. The van der Waals surface area contributed by atoms with E-state index in [1.165, 1.54) is 6.20 Å². The summed E-state index contributed by atoms with van der Waals surface area (Å²) in [7, 11) is 0. The first kappa shape index (κ1) is 17.0. The zero-order valence-electron chi connectivity index (χ0n) is 11.9. The van der Waals surface area contributed by atoms with Gasteiger partial charge in [-0.1, -0.05) is 30.3 Å². The van der Waals surface area contributed by atoms with E-state index in [0.29, 0.717) is 9.28 Å². The van der Waals surface area contributed by atoms with Gasteiger partial charge in [-0.15, -0.1) is 0 Å². The maximum absolute atomic E-state index is 11.8.